The maximum absolute atomic E-state index is 10.2. The molecular formula is C8H16N2O4. The second kappa shape index (κ2) is 7.28. The Kier molecular flexibility index (Phi) is 6.69. The van der Waals surface area contributed by atoms with Crippen molar-refractivity contribution >= 4 is 11.9 Å². The predicted molar refractivity (Wildman–Crippen MR) is 42.2 cm³/mol. The van der Waals surface area contributed by atoms with Crippen molar-refractivity contribution in [2.24, 2.45) is 0 Å². The van der Waals surface area contributed by atoms with Crippen LogP contribution in [0.4, 0.5) is 0 Å². The molecule has 0 aromatic carbocycles. The van der Waals surface area contributed by atoms with Crippen LogP contribution in [-0.4, -0.2) is 31.1 Å². The molecule has 0 unspecified atom stereocenters. The van der Waals surface area contributed by atoms with Gasteiger partial charge in [0.05, 0.1) is 18.5 Å². The van der Waals surface area contributed by atoms with E-state index in [9.17, 15) is 19.8 Å². The number of unbranched alkanes of at least 4 members (excludes halogenated alkanes) is 1. The van der Waals surface area contributed by atoms with E-state index in [1.807, 2.05) is 0 Å². The van der Waals surface area contributed by atoms with Crippen LogP contribution in [0.25, 0.3) is 0 Å². The van der Waals surface area contributed by atoms with Crippen LogP contribution in [0.15, 0.2) is 0 Å². The first-order chi connectivity index (χ1) is 6.54. The lowest BCUT2D eigenvalue weighted by Crippen LogP contribution is -2.87. The van der Waals surface area contributed by atoms with Crippen LogP contribution in [0.1, 0.15) is 19.3 Å². The van der Waals surface area contributed by atoms with Gasteiger partial charge in [-0.25, -0.2) is 0 Å². The standard InChI is InChI=1S/C8H16N2O4/c9-6(8(13)14)3-1-2-4-10-5-7(11)12/h6,10H,1-5,9H2,(H,11,12)(H,13,14)/t6-/m0/s1. The van der Waals surface area contributed by atoms with Crippen molar-refractivity contribution < 1.29 is 30.9 Å². The summed E-state index contributed by atoms with van der Waals surface area (Å²) in [5.41, 5.74) is 3.41. The third kappa shape index (κ3) is 7.51. The number of rotatable bonds is 8. The van der Waals surface area contributed by atoms with Crippen molar-refractivity contribution in [2.75, 3.05) is 13.1 Å². The molecule has 0 rings (SSSR count). The van der Waals surface area contributed by atoms with E-state index in [-0.39, 0.29) is 6.54 Å². The van der Waals surface area contributed by atoms with Crippen molar-refractivity contribution in [1.82, 2.24) is 0 Å². The highest BCUT2D eigenvalue weighted by molar-refractivity contribution is 5.68. The molecule has 14 heavy (non-hydrogen) atoms. The second-order valence-corrected chi connectivity index (χ2v) is 3.17. The molecule has 0 spiro atoms. The smallest absolute Gasteiger partial charge is 0.124 e. The zero-order chi connectivity index (χ0) is 11.0. The van der Waals surface area contributed by atoms with Crippen LogP contribution in [0, 0.1) is 0 Å². The van der Waals surface area contributed by atoms with E-state index in [1.165, 1.54) is 0 Å². The number of aliphatic carboxylic acids is 2. The van der Waals surface area contributed by atoms with Crippen molar-refractivity contribution in [3.05, 3.63) is 0 Å². The predicted octanol–water partition coefficient (Wildman–Crippen LogP) is -5.17. The molecule has 0 fully saturated rings. The number of hydrogen-bond donors (Lipinski definition) is 2. The molecule has 0 aromatic heterocycles. The van der Waals surface area contributed by atoms with Gasteiger partial charge in [0.25, 0.3) is 0 Å². The highest BCUT2D eigenvalue weighted by Crippen LogP contribution is 1.94. The topological polar surface area (TPSA) is 125 Å². The zero-order valence-electron chi connectivity index (χ0n) is 8.03. The van der Waals surface area contributed by atoms with Crippen molar-refractivity contribution in [3.63, 3.8) is 0 Å². The number of carbonyl (C=O) groups is 2. The van der Waals surface area contributed by atoms with E-state index in [0.717, 1.165) is 6.42 Å². The molecule has 1 atom stereocenters. The van der Waals surface area contributed by atoms with Crippen molar-refractivity contribution in [1.29, 1.82) is 0 Å². The molecule has 0 aliphatic carbocycles. The summed E-state index contributed by atoms with van der Waals surface area (Å²) >= 11 is 0. The molecular weight excluding hydrogens is 188 g/mol. The molecule has 0 aliphatic rings. The summed E-state index contributed by atoms with van der Waals surface area (Å²) < 4.78 is 0. The van der Waals surface area contributed by atoms with Crippen LogP contribution in [-0.2, 0) is 9.59 Å². The van der Waals surface area contributed by atoms with Crippen molar-refractivity contribution in [3.8, 4) is 0 Å². The summed E-state index contributed by atoms with van der Waals surface area (Å²) in [6, 6.07) is -0.670. The van der Waals surface area contributed by atoms with Gasteiger partial charge in [0.1, 0.15) is 12.6 Å². The molecule has 0 saturated carbocycles. The van der Waals surface area contributed by atoms with Gasteiger partial charge in [0, 0.05) is 6.42 Å². The summed E-state index contributed by atoms with van der Waals surface area (Å²) in [4.78, 5) is 20.2. The Balaban J connectivity index is 3.21. The van der Waals surface area contributed by atoms with Gasteiger partial charge in [-0.15, -0.1) is 0 Å². The molecule has 0 radical (unpaired) electrons. The third-order valence-corrected chi connectivity index (χ3v) is 1.86. The average Bonchev–Trinajstić information content (AvgIpc) is 2.09. The van der Waals surface area contributed by atoms with Gasteiger partial charge >= 0.3 is 0 Å². The lowest BCUT2D eigenvalue weighted by Gasteiger charge is -2.08. The molecule has 0 aliphatic heterocycles. The summed E-state index contributed by atoms with van der Waals surface area (Å²) in [7, 11) is 0. The summed E-state index contributed by atoms with van der Waals surface area (Å²) in [5.74, 6) is -2.22. The molecule has 0 heterocycles. The van der Waals surface area contributed by atoms with Gasteiger partial charge < -0.3 is 30.9 Å². The molecule has 6 nitrogen and oxygen atoms in total. The molecule has 82 valence electrons. The number of carbonyl (C=O) groups excluding carboxylic acids is 2. The summed E-state index contributed by atoms with van der Waals surface area (Å²) in [6.45, 7) is 0.613. The monoisotopic (exact) mass is 204 g/mol. The van der Waals surface area contributed by atoms with E-state index in [1.54, 1.807) is 5.32 Å². The third-order valence-electron chi connectivity index (χ3n) is 1.86. The number of carboxylic acids is 2. The summed E-state index contributed by atoms with van der Waals surface area (Å²) in [5, 5.41) is 21.8. The van der Waals surface area contributed by atoms with Gasteiger partial charge in [-0.2, -0.15) is 0 Å². The maximum atomic E-state index is 10.2. The Morgan fingerprint density at radius 1 is 1.29 bits per heavy atom. The highest BCUT2D eigenvalue weighted by atomic mass is 16.4. The molecule has 5 N–H and O–H groups in total. The quantitative estimate of drug-likeness (QED) is 0.383. The highest BCUT2D eigenvalue weighted by Gasteiger charge is 2.05. The fourth-order valence-electron chi connectivity index (χ4n) is 1.02. The molecule has 0 saturated heterocycles. The fraction of sp³-hybridized carbons (Fsp3) is 0.750. The number of nitrogens with two attached hydrogens (primary N) is 1. The lowest BCUT2D eigenvalue weighted by molar-refractivity contribution is -0.650. The van der Waals surface area contributed by atoms with E-state index in [0.29, 0.717) is 19.4 Å². The van der Waals surface area contributed by atoms with Gasteiger partial charge in [-0.3, -0.25) is 0 Å². The molecule has 0 amide bonds. The summed E-state index contributed by atoms with van der Waals surface area (Å²) in [6.07, 6.45) is 1.96. The number of quaternary nitrogens is 2. The Morgan fingerprint density at radius 2 is 1.93 bits per heavy atom. The van der Waals surface area contributed by atoms with Crippen LogP contribution in [0.3, 0.4) is 0 Å². The first-order valence-corrected chi connectivity index (χ1v) is 4.59. The van der Waals surface area contributed by atoms with Crippen molar-refractivity contribution in [2.45, 2.75) is 25.3 Å². The second-order valence-electron chi connectivity index (χ2n) is 3.17. The van der Waals surface area contributed by atoms with Crippen LogP contribution in [0.5, 0.6) is 0 Å². The molecule has 0 aromatic rings. The Labute approximate surface area is 82.1 Å². The Bertz CT molecular complexity index is 196. The van der Waals surface area contributed by atoms with Gasteiger partial charge in [0.15, 0.2) is 0 Å². The minimum Gasteiger partial charge on any atom is -0.544 e. The fourth-order valence-corrected chi connectivity index (χ4v) is 1.02. The van der Waals surface area contributed by atoms with Gasteiger partial charge in [-0.05, 0) is 12.8 Å². The van der Waals surface area contributed by atoms with Crippen LogP contribution in [0.2, 0.25) is 0 Å². The Hall–Kier alpha value is -1.14. The first kappa shape index (κ1) is 12.9. The zero-order valence-corrected chi connectivity index (χ0v) is 8.03. The van der Waals surface area contributed by atoms with Crippen LogP contribution >= 0.6 is 0 Å². The number of carboxylic acid groups (broad SMARTS) is 2. The lowest BCUT2D eigenvalue weighted by atomic mass is 10.1. The minimum atomic E-state index is -1.14. The minimum absolute atomic E-state index is 0.0473. The molecule has 0 bridgehead atoms. The number of hydrogen-bond acceptors (Lipinski definition) is 4. The largest absolute Gasteiger partial charge is 0.544 e. The van der Waals surface area contributed by atoms with Gasteiger partial charge in [0.2, 0.25) is 0 Å². The normalized spacial score (nSPS) is 12.4. The van der Waals surface area contributed by atoms with E-state index in [4.69, 9.17) is 0 Å². The van der Waals surface area contributed by atoms with E-state index >= 15 is 0 Å². The van der Waals surface area contributed by atoms with Gasteiger partial charge in [-0.1, -0.05) is 0 Å². The van der Waals surface area contributed by atoms with E-state index in [2.05, 4.69) is 5.73 Å². The molecule has 6 heteroatoms. The SMILES string of the molecule is [NH3+][C@@H](CCCC[NH2+]CC(=O)[O-])C(=O)[O-]. The van der Waals surface area contributed by atoms with E-state index < -0.39 is 18.0 Å². The van der Waals surface area contributed by atoms with Crippen LogP contribution < -0.4 is 21.3 Å². The maximum Gasteiger partial charge on any atom is 0.124 e. The average molecular weight is 204 g/mol. The Morgan fingerprint density at radius 3 is 2.43 bits per heavy atom. The first-order valence-electron chi connectivity index (χ1n) is 4.59.